The fourth-order valence-electron chi connectivity index (χ4n) is 2.67. The van der Waals surface area contributed by atoms with Crippen LogP contribution in [0.4, 0.5) is 5.82 Å². The highest BCUT2D eigenvalue weighted by Crippen LogP contribution is 2.33. The lowest BCUT2D eigenvalue weighted by Crippen LogP contribution is -2.18. The Bertz CT molecular complexity index is 671. The monoisotopic (exact) mass is 283 g/mol. The number of nitrogen functional groups attached to an aromatic ring is 1. The van der Waals surface area contributed by atoms with Gasteiger partial charge in [-0.25, -0.2) is 9.97 Å². The molecule has 112 valence electrons. The topological polar surface area (TPSA) is 51.8 Å². The average Bonchev–Trinajstić information content (AvgIpc) is 2.31. The van der Waals surface area contributed by atoms with Crippen LogP contribution in [0, 0.1) is 27.7 Å². The van der Waals surface area contributed by atoms with Gasteiger partial charge < -0.3 is 5.73 Å². The summed E-state index contributed by atoms with van der Waals surface area (Å²) in [6.07, 6.45) is 0. The second-order valence-corrected chi connectivity index (χ2v) is 6.93. The Hall–Kier alpha value is -1.90. The number of hydrogen-bond acceptors (Lipinski definition) is 3. The fourth-order valence-corrected chi connectivity index (χ4v) is 2.67. The van der Waals surface area contributed by atoms with E-state index in [1.807, 2.05) is 6.92 Å². The van der Waals surface area contributed by atoms with Gasteiger partial charge in [-0.05, 0) is 38.8 Å². The van der Waals surface area contributed by atoms with Crippen LogP contribution >= 0.6 is 0 Å². The van der Waals surface area contributed by atoms with Crippen LogP contribution in [0.5, 0.6) is 0 Å². The summed E-state index contributed by atoms with van der Waals surface area (Å²) in [6, 6.07) is 4.38. The number of rotatable bonds is 1. The van der Waals surface area contributed by atoms with Gasteiger partial charge in [-0.1, -0.05) is 38.5 Å². The Kier molecular flexibility index (Phi) is 3.79. The van der Waals surface area contributed by atoms with Gasteiger partial charge in [0.25, 0.3) is 0 Å². The zero-order valence-electron chi connectivity index (χ0n) is 14.1. The molecular formula is C18H25N3. The molecule has 0 aliphatic rings. The van der Waals surface area contributed by atoms with Crippen LogP contribution in [-0.4, -0.2) is 9.97 Å². The summed E-state index contributed by atoms with van der Waals surface area (Å²) in [4.78, 5) is 9.31. The normalized spacial score (nSPS) is 11.8. The van der Waals surface area contributed by atoms with Crippen molar-refractivity contribution >= 4 is 5.82 Å². The van der Waals surface area contributed by atoms with Gasteiger partial charge in [0.15, 0.2) is 0 Å². The van der Waals surface area contributed by atoms with Crippen molar-refractivity contribution in [2.24, 2.45) is 0 Å². The summed E-state index contributed by atoms with van der Waals surface area (Å²) in [7, 11) is 0. The molecule has 21 heavy (non-hydrogen) atoms. The van der Waals surface area contributed by atoms with Gasteiger partial charge >= 0.3 is 0 Å². The van der Waals surface area contributed by atoms with Crippen LogP contribution in [0.2, 0.25) is 0 Å². The van der Waals surface area contributed by atoms with E-state index in [9.17, 15) is 0 Å². The van der Waals surface area contributed by atoms with Crippen molar-refractivity contribution in [2.45, 2.75) is 53.9 Å². The molecule has 0 aliphatic carbocycles. The highest BCUT2D eigenvalue weighted by Gasteiger charge is 2.22. The molecule has 3 heteroatoms. The number of nitrogens with zero attached hydrogens (tertiary/aromatic N) is 2. The lowest BCUT2D eigenvalue weighted by Gasteiger charge is -2.21. The molecule has 1 aromatic heterocycles. The molecule has 1 aromatic carbocycles. The summed E-state index contributed by atoms with van der Waals surface area (Å²) >= 11 is 0. The van der Waals surface area contributed by atoms with E-state index in [1.54, 1.807) is 0 Å². The number of hydrogen-bond donors (Lipinski definition) is 1. The number of aryl methyl sites for hydroxylation is 3. The van der Waals surface area contributed by atoms with Crippen molar-refractivity contribution < 1.29 is 0 Å². The molecule has 0 saturated heterocycles. The van der Waals surface area contributed by atoms with Crippen LogP contribution in [-0.2, 0) is 5.41 Å². The average molecular weight is 283 g/mol. The first kappa shape index (κ1) is 15.5. The molecule has 1 heterocycles. The van der Waals surface area contributed by atoms with Gasteiger partial charge in [-0.3, -0.25) is 0 Å². The Labute approximate surface area is 127 Å². The van der Waals surface area contributed by atoms with Gasteiger partial charge in [0.05, 0.1) is 5.69 Å². The second kappa shape index (κ2) is 5.14. The van der Waals surface area contributed by atoms with Gasteiger partial charge in [0.1, 0.15) is 11.6 Å². The maximum Gasteiger partial charge on any atom is 0.136 e. The maximum atomic E-state index is 6.13. The first-order chi connectivity index (χ1) is 9.61. The minimum Gasteiger partial charge on any atom is -0.383 e. The Morgan fingerprint density at radius 2 is 1.43 bits per heavy atom. The van der Waals surface area contributed by atoms with Gasteiger partial charge in [-0.15, -0.1) is 0 Å². The number of nitrogens with two attached hydrogens (primary N) is 1. The van der Waals surface area contributed by atoms with Crippen molar-refractivity contribution in [1.29, 1.82) is 0 Å². The first-order valence-corrected chi connectivity index (χ1v) is 7.34. The summed E-state index contributed by atoms with van der Waals surface area (Å²) < 4.78 is 0. The molecule has 3 nitrogen and oxygen atoms in total. The summed E-state index contributed by atoms with van der Waals surface area (Å²) in [5.74, 6) is 1.37. The molecule has 2 N–H and O–H groups in total. The van der Waals surface area contributed by atoms with Crippen LogP contribution in [0.15, 0.2) is 12.1 Å². The third kappa shape index (κ3) is 2.92. The van der Waals surface area contributed by atoms with Gasteiger partial charge in [-0.2, -0.15) is 0 Å². The molecule has 0 aliphatic heterocycles. The predicted octanol–water partition coefficient (Wildman–Crippen LogP) is 4.26. The predicted molar refractivity (Wildman–Crippen MR) is 89.5 cm³/mol. The van der Waals surface area contributed by atoms with E-state index in [2.05, 4.69) is 58.7 Å². The fraction of sp³-hybridized carbons (Fsp3) is 0.444. The molecule has 2 rings (SSSR count). The Morgan fingerprint density at radius 3 is 1.90 bits per heavy atom. The Balaban J connectivity index is 2.78. The van der Waals surface area contributed by atoms with Gasteiger partial charge in [0, 0.05) is 16.5 Å². The number of anilines is 1. The quantitative estimate of drug-likeness (QED) is 0.851. The van der Waals surface area contributed by atoms with Crippen LogP contribution in [0.25, 0.3) is 11.3 Å². The second-order valence-electron chi connectivity index (χ2n) is 6.93. The smallest absolute Gasteiger partial charge is 0.136 e. The zero-order valence-corrected chi connectivity index (χ0v) is 14.1. The van der Waals surface area contributed by atoms with E-state index < -0.39 is 0 Å². The molecule has 0 radical (unpaired) electrons. The minimum atomic E-state index is -0.122. The third-order valence-electron chi connectivity index (χ3n) is 3.77. The molecule has 0 atom stereocenters. The molecular weight excluding hydrogens is 258 g/mol. The van der Waals surface area contributed by atoms with E-state index in [4.69, 9.17) is 10.7 Å². The standard InChI is InChI=1S/C18H25N3/c1-10-8-11(2)14(12(3)9-10)15-13(4)16(19)21-17(20-15)18(5,6)7/h8-9H,1-7H3,(H2,19,20,21). The van der Waals surface area contributed by atoms with Crippen LogP contribution in [0.3, 0.4) is 0 Å². The summed E-state index contributed by atoms with van der Waals surface area (Å²) in [5, 5.41) is 0. The number of aromatic nitrogens is 2. The molecule has 0 unspecified atom stereocenters. The molecule has 0 spiro atoms. The maximum absolute atomic E-state index is 6.13. The van der Waals surface area contributed by atoms with Crippen molar-refractivity contribution in [1.82, 2.24) is 9.97 Å². The summed E-state index contributed by atoms with van der Waals surface area (Å²) in [5.41, 5.74) is 12.8. The first-order valence-electron chi connectivity index (χ1n) is 7.34. The van der Waals surface area contributed by atoms with E-state index >= 15 is 0 Å². The van der Waals surface area contributed by atoms with E-state index in [1.165, 1.54) is 22.3 Å². The van der Waals surface area contributed by atoms with Crippen molar-refractivity contribution in [3.8, 4) is 11.3 Å². The van der Waals surface area contributed by atoms with Crippen LogP contribution < -0.4 is 5.73 Å². The number of benzene rings is 1. The SMILES string of the molecule is Cc1cc(C)c(-c2nc(C(C)(C)C)nc(N)c2C)c(C)c1. The largest absolute Gasteiger partial charge is 0.383 e. The van der Waals surface area contributed by atoms with Crippen LogP contribution in [0.1, 0.15) is 48.8 Å². The third-order valence-corrected chi connectivity index (χ3v) is 3.77. The molecule has 2 aromatic rings. The van der Waals surface area contributed by atoms with Crippen molar-refractivity contribution in [3.63, 3.8) is 0 Å². The lowest BCUT2D eigenvalue weighted by atomic mass is 9.92. The highest BCUT2D eigenvalue weighted by atomic mass is 15.0. The summed E-state index contributed by atoms with van der Waals surface area (Å²) in [6.45, 7) is 14.7. The van der Waals surface area contributed by atoms with E-state index in [-0.39, 0.29) is 5.41 Å². The molecule has 0 bridgehead atoms. The van der Waals surface area contributed by atoms with E-state index in [0.717, 1.165) is 17.1 Å². The van der Waals surface area contributed by atoms with Crippen molar-refractivity contribution in [2.75, 3.05) is 5.73 Å². The van der Waals surface area contributed by atoms with Crippen molar-refractivity contribution in [3.05, 3.63) is 40.2 Å². The molecule has 0 saturated carbocycles. The van der Waals surface area contributed by atoms with E-state index in [0.29, 0.717) is 5.82 Å². The Morgan fingerprint density at radius 1 is 0.905 bits per heavy atom. The lowest BCUT2D eigenvalue weighted by molar-refractivity contribution is 0.546. The highest BCUT2D eigenvalue weighted by molar-refractivity contribution is 5.73. The molecule has 0 amide bonds. The zero-order chi connectivity index (χ0) is 15.9. The van der Waals surface area contributed by atoms with Gasteiger partial charge in [0.2, 0.25) is 0 Å². The minimum absolute atomic E-state index is 0.122. The molecule has 0 fully saturated rings.